The van der Waals surface area contributed by atoms with E-state index in [1.165, 1.54) is 14.2 Å². The predicted octanol–water partition coefficient (Wildman–Crippen LogP) is 2.99. The lowest BCUT2D eigenvalue weighted by Gasteiger charge is -2.12. The van der Waals surface area contributed by atoms with Gasteiger partial charge in [0.25, 0.3) is 11.3 Å². The SMILES string of the molecule is COc1ccc2c(Oc3ccc(NS(=O)O)c(OC)c3)ccnc2n1. The number of hydrogen-bond donors (Lipinski definition) is 2. The van der Waals surface area contributed by atoms with Gasteiger partial charge in [-0.05, 0) is 24.3 Å². The molecular weight excluding hydrogens is 346 g/mol. The number of methoxy groups -OCH3 is 2. The second-order valence-corrected chi connectivity index (χ2v) is 5.55. The third kappa shape index (κ3) is 3.78. The van der Waals surface area contributed by atoms with E-state index >= 15 is 0 Å². The molecule has 0 fully saturated rings. The van der Waals surface area contributed by atoms with Gasteiger partial charge in [0, 0.05) is 18.3 Å². The van der Waals surface area contributed by atoms with Gasteiger partial charge in [-0.25, -0.2) is 9.19 Å². The molecule has 0 saturated carbocycles. The quantitative estimate of drug-likeness (QED) is 0.651. The highest BCUT2D eigenvalue weighted by molar-refractivity contribution is 7.80. The first-order chi connectivity index (χ1) is 12.1. The fraction of sp³-hybridized carbons (Fsp3) is 0.125. The number of anilines is 1. The molecule has 0 aliphatic rings. The summed E-state index contributed by atoms with van der Waals surface area (Å²) in [6, 6.07) is 10.1. The zero-order valence-electron chi connectivity index (χ0n) is 13.4. The summed E-state index contributed by atoms with van der Waals surface area (Å²) in [5.74, 6) is 1.90. The van der Waals surface area contributed by atoms with E-state index in [2.05, 4.69) is 14.7 Å². The molecule has 0 spiro atoms. The van der Waals surface area contributed by atoms with Crippen LogP contribution in [0.2, 0.25) is 0 Å². The Labute approximate surface area is 146 Å². The Bertz CT molecular complexity index is 935. The highest BCUT2D eigenvalue weighted by Crippen LogP contribution is 2.34. The smallest absolute Gasteiger partial charge is 0.259 e. The molecule has 8 nitrogen and oxygen atoms in total. The lowest BCUT2D eigenvalue weighted by molar-refractivity contribution is 0.399. The fourth-order valence-corrected chi connectivity index (χ4v) is 2.59. The van der Waals surface area contributed by atoms with Gasteiger partial charge in [-0.1, -0.05) is 0 Å². The van der Waals surface area contributed by atoms with E-state index in [-0.39, 0.29) is 0 Å². The van der Waals surface area contributed by atoms with Gasteiger partial charge in [-0.3, -0.25) is 9.27 Å². The number of pyridine rings is 2. The van der Waals surface area contributed by atoms with Crippen molar-refractivity contribution < 1.29 is 23.0 Å². The first kappa shape index (κ1) is 16.9. The second-order valence-electron chi connectivity index (χ2n) is 4.85. The van der Waals surface area contributed by atoms with Crippen molar-refractivity contribution in [1.29, 1.82) is 0 Å². The van der Waals surface area contributed by atoms with Crippen molar-refractivity contribution in [2.45, 2.75) is 0 Å². The topological polar surface area (TPSA) is 103 Å². The largest absolute Gasteiger partial charge is 0.494 e. The molecule has 0 bridgehead atoms. The zero-order chi connectivity index (χ0) is 17.8. The molecule has 1 aromatic carbocycles. The second kappa shape index (κ2) is 7.32. The zero-order valence-corrected chi connectivity index (χ0v) is 14.2. The van der Waals surface area contributed by atoms with Gasteiger partial charge >= 0.3 is 0 Å². The van der Waals surface area contributed by atoms with Crippen molar-refractivity contribution in [2.24, 2.45) is 0 Å². The van der Waals surface area contributed by atoms with E-state index in [1.807, 2.05) is 6.07 Å². The average molecular weight is 361 g/mol. The number of ether oxygens (including phenoxy) is 3. The van der Waals surface area contributed by atoms with Gasteiger partial charge in [-0.2, -0.15) is 4.98 Å². The molecule has 9 heteroatoms. The van der Waals surface area contributed by atoms with Crippen LogP contribution in [0.3, 0.4) is 0 Å². The number of rotatable bonds is 6. The van der Waals surface area contributed by atoms with Gasteiger partial charge in [-0.15, -0.1) is 0 Å². The number of aromatic nitrogens is 2. The molecule has 0 aliphatic carbocycles. The number of nitrogens with one attached hydrogen (secondary N) is 1. The Morgan fingerprint density at radius 1 is 1.08 bits per heavy atom. The number of nitrogens with zero attached hydrogens (tertiary/aromatic N) is 2. The van der Waals surface area contributed by atoms with Gasteiger partial charge < -0.3 is 14.2 Å². The number of hydrogen-bond acceptors (Lipinski definition) is 6. The van der Waals surface area contributed by atoms with E-state index in [0.29, 0.717) is 34.5 Å². The van der Waals surface area contributed by atoms with Crippen LogP contribution >= 0.6 is 0 Å². The monoisotopic (exact) mass is 361 g/mol. The van der Waals surface area contributed by atoms with Crippen molar-refractivity contribution in [3.8, 4) is 23.1 Å². The Hall–Kier alpha value is -2.91. The normalized spacial score (nSPS) is 11.8. The summed E-state index contributed by atoms with van der Waals surface area (Å²) in [6.45, 7) is 0. The maximum Gasteiger partial charge on any atom is 0.259 e. The molecule has 0 amide bonds. The molecule has 2 N–H and O–H groups in total. The fourth-order valence-electron chi connectivity index (χ4n) is 2.23. The molecule has 0 aliphatic heterocycles. The predicted molar refractivity (Wildman–Crippen MR) is 93.6 cm³/mol. The molecule has 1 unspecified atom stereocenters. The molecule has 0 radical (unpaired) electrons. The van der Waals surface area contributed by atoms with Gasteiger partial charge in [0.05, 0.1) is 25.3 Å². The lowest BCUT2D eigenvalue weighted by atomic mass is 10.2. The minimum absolute atomic E-state index is 0.373. The minimum atomic E-state index is -2.19. The highest BCUT2D eigenvalue weighted by atomic mass is 32.2. The Morgan fingerprint density at radius 3 is 2.64 bits per heavy atom. The number of fused-ring (bicyclic) bond motifs is 1. The van der Waals surface area contributed by atoms with Gasteiger partial charge in [0.15, 0.2) is 5.65 Å². The van der Waals surface area contributed by atoms with E-state index < -0.39 is 11.3 Å². The van der Waals surface area contributed by atoms with Gasteiger partial charge in [0.2, 0.25) is 5.88 Å². The van der Waals surface area contributed by atoms with Crippen molar-refractivity contribution in [3.63, 3.8) is 0 Å². The first-order valence-electron chi connectivity index (χ1n) is 7.14. The summed E-state index contributed by atoms with van der Waals surface area (Å²) in [5, 5.41) is 0.723. The molecule has 3 rings (SSSR count). The molecule has 2 aromatic heterocycles. The Kier molecular flexibility index (Phi) is 4.96. The third-order valence-corrected chi connectivity index (χ3v) is 3.74. The van der Waals surface area contributed by atoms with Crippen LogP contribution in [-0.2, 0) is 11.3 Å². The maximum absolute atomic E-state index is 10.9. The molecule has 25 heavy (non-hydrogen) atoms. The minimum Gasteiger partial charge on any atom is -0.494 e. The third-order valence-electron chi connectivity index (χ3n) is 3.34. The van der Waals surface area contributed by atoms with Crippen molar-refractivity contribution in [1.82, 2.24) is 9.97 Å². The van der Waals surface area contributed by atoms with E-state index in [4.69, 9.17) is 18.8 Å². The van der Waals surface area contributed by atoms with Crippen molar-refractivity contribution in [3.05, 3.63) is 42.6 Å². The van der Waals surface area contributed by atoms with Crippen LogP contribution < -0.4 is 18.9 Å². The molecule has 0 saturated heterocycles. The van der Waals surface area contributed by atoms with Crippen LogP contribution in [-0.4, -0.2) is 32.9 Å². The molecule has 130 valence electrons. The van der Waals surface area contributed by atoms with Crippen molar-refractivity contribution in [2.75, 3.05) is 18.9 Å². The van der Waals surface area contributed by atoms with Crippen LogP contribution in [0.25, 0.3) is 11.0 Å². The maximum atomic E-state index is 10.9. The summed E-state index contributed by atoms with van der Waals surface area (Å²) in [7, 11) is 3.00. The molecule has 3 aromatic rings. The standard InChI is InChI=1S/C16H15N3O5S/c1-22-14-9-10(3-5-12(14)19-25(20)21)24-13-7-8-17-16-11(13)4-6-15(18-16)23-2/h3-9,19H,1-2H3,(H,20,21). The lowest BCUT2D eigenvalue weighted by Crippen LogP contribution is -2.03. The molecule has 2 heterocycles. The average Bonchev–Trinajstić information content (AvgIpc) is 2.62. The summed E-state index contributed by atoms with van der Waals surface area (Å²) in [6.07, 6.45) is 1.59. The van der Waals surface area contributed by atoms with E-state index in [1.54, 1.807) is 36.5 Å². The van der Waals surface area contributed by atoms with Crippen LogP contribution in [0.5, 0.6) is 23.1 Å². The summed E-state index contributed by atoms with van der Waals surface area (Å²) >= 11 is -2.19. The molecular formula is C16H15N3O5S. The molecule has 1 atom stereocenters. The van der Waals surface area contributed by atoms with Crippen LogP contribution in [0.1, 0.15) is 0 Å². The van der Waals surface area contributed by atoms with Crippen LogP contribution in [0.15, 0.2) is 42.6 Å². The Balaban J connectivity index is 1.94. The number of benzene rings is 1. The van der Waals surface area contributed by atoms with Crippen LogP contribution in [0.4, 0.5) is 5.69 Å². The highest BCUT2D eigenvalue weighted by Gasteiger charge is 2.10. The summed E-state index contributed by atoms with van der Waals surface area (Å²) < 4.78 is 38.4. The Morgan fingerprint density at radius 2 is 1.92 bits per heavy atom. The summed E-state index contributed by atoms with van der Waals surface area (Å²) in [5.41, 5.74) is 0.874. The van der Waals surface area contributed by atoms with Crippen LogP contribution in [0, 0.1) is 0 Å². The van der Waals surface area contributed by atoms with Crippen molar-refractivity contribution >= 4 is 28.0 Å². The van der Waals surface area contributed by atoms with E-state index in [0.717, 1.165) is 5.39 Å². The van der Waals surface area contributed by atoms with E-state index in [9.17, 15) is 4.21 Å². The summed E-state index contributed by atoms with van der Waals surface area (Å²) in [4.78, 5) is 8.47. The first-order valence-corrected chi connectivity index (χ1v) is 8.24. The van der Waals surface area contributed by atoms with Gasteiger partial charge in [0.1, 0.15) is 17.2 Å².